The molecule has 0 atom stereocenters. The quantitative estimate of drug-likeness (QED) is 0.805. The van der Waals surface area contributed by atoms with Gasteiger partial charge in [-0.15, -0.1) is 0 Å². The van der Waals surface area contributed by atoms with Gasteiger partial charge in [-0.2, -0.15) is 0 Å². The average Bonchev–Trinajstić information content (AvgIpc) is 2.93. The largest absolute Gasteiger partial charge is 0.339 e. The van der Waals surface area contributed by atoms with Crippen LogP contribution in [0.5, 0.6) is 0 Å². The van der Waals surface area contributed by atoms with Crippen LogP contribution in [0.4, 0.5) is 10.1 Å². The molecule has 1 fully saturated rings. The molecule has 2 heterocycles. The topological polar surface area (TPSA) is 40.6 Å². The standard InChI is InChI=1S/C22H23FN2O2/c23-17-10-8-16(9-11-17)21(26)25-15-12-18-19(6-5-7-20(18)25)22(27)24-13-3-1-2-4-14-24/h5-11H,1-4,12-15H2. The van der Waals surface area contributed by atoms with Crippen molar-refractivity contribution in [3.05, 3.63) is 65.0 Å². The molecule has 1 saturated heterocycles. The Morgan fingerprint density at radius 2 is 1.52 bits per heavy atom. The molecule has 2 aromatic rings. The highest BCUT2D eigenvalue weighted by atomic mass is 19.1. The van der Waals surface area contributed by atoms with Crippen LogP contribution in [0, 0.1) is 5.82 Å². The molecule has 4 rings (SSSR count). The Bertz CT molecular complexity index is 855. The fourth-order valence-corrected chi connectivity index (χ4v) is 4.04. The lowest BCUT2D eigenvalue weighted by Crippen LogP contribution is -2.32. The minimum atomic E-state index is -0.362. The van der Waals surface area contributed by atoms with Gasteiger partial charge in [0.1, 0.15) is 5.82 Å². The Hall–Kier alpha value is -2.69. The number of hydrogen-bond acceptors (Lipinski definition) is 2. The lowest BCUT2D eigenvalue weighted by molar-refractivity contribution is 0.0760. The molecule has 2 aliphatic rings. The van der Waals surface area contributed by atoms with Crippen molar-refractivity contribution in [1.82, 2.24) is 4.90 Å². The summed E-state index contributed by atoms with van der Waals surface area (Å²) in [6, 6.07) is 11.2. The molecule has 0 spiro atoms. The van der Waals surface area contributed by atoms with E-state index in [1.807, 2.05) is 23.1 Å². The highest BCUT2D eigenvalue weighted by Crippen LogP contribution is 2.33. The first-order chi connectivity index (χ1) is 13.1. The van der Waals surface area contributed by atoms with Crippen LogP contribution in [0.3, 0.4) is 0 Å². The molecule has 5 heteroatoms. The highest BCUT2D eigenvalue weighted by molar-refractivity contribution is 6.08. The van der Waals surface area contributed by atoms with Crippen LogP contribution >= 0.6 is 0 Å². The molecule has 0 aromatic heterocycles. The minimum absolute atomic E-state index is 0.0739. The summed E-state index contributed by atoms with van der Waals surface area (Å²) in [5, 5.41) is 0. The molecular weight excluding hydrogens is 343 g/mol. The normalized spacial score (nSPS) is 16.8. The molecule has 2 amide bonds. The van der Waals surface area contributed by atoms with Crippen molar-refractivity contribution in [2.75, 3.05) is 24.5 Å². The fraction of sp³-hybridized carbons (Fsp3) is 0.364. The Morgan fingerprint density at radius 1 is 0.815 bits per heavy atom. The number of nitrogens with zero attached hydrogens (tertiary/aromatic N) is 2. The van der Waals surface area contributed by atoms with Gasteiger partial charge >= 0.3 is 0 Å². The summed E-state index contributed by atoms with van der Waals surface area (Å²) in [7, 11) is 0. The number of carbonyl (C=O) groups is 2. The third-order valence-corrected chi connectivity index (χ3v) is 5.49. The minimum Gasteiger partial charge on any atom is -0.339 e. The zero-order chi connectivity index (χ0) is 18.8. The molecular formula is C22H23FN2O2. The fourth-order valence-electron chi connectivity index (χ4n) is 4.04. The van der Waals surface area contributed by atoms with Crippen molar-refractivity contribution in [3.63, 3.8) is 0 Å². The Balaban J connectivity index is 1.61. The van der Waals surface area contributed by atoms with Crippen LogP contribution < -0.4 is 4.90 Å². The van der Waals surface area contributed by atoms with Crippen molar-refractivity contribution in [2.45, 2.75) is 32.1 Å². The van der Waals surface area contributed by atoms with Crippen LogP contribution in [-0.4, -0.2) is 36.3 Å². The Labute approximate surface area is 158 Å². The first kappa shape index (κ1) is 17.7. The summed E-state index contributed by atoms with van der Waals surface area (Å²) in [5.41, 5.74) is 2.91. The predicted octanol–water partition coefficient (Wildman–Crippen LogP) is 4.04. The van der Waals surface area contributed by atoms with Crippen LogP contribution in [0.25, 0.3) is 0 Å². The van der Waals surface area contributed by atoms with E-state index in [1.54, 1.807) is 4.90 Å². The highest BCUT2D eigenvalue weighted by Gasteiger charge is 2.30. The molecule has 2 aliphatic heterocycles. The maximum absolute atomic E-state index is 13.1. The maximum Gasteiger partial charge on any atom is 0.258 e. The third kappa shape index (κ3) is 3.46. The Kier molecular flexibility index (Phi) is 4.92. The van der Waals surface area contributed by atoms with Gasteiger partial charge < -0.3 is 9.80 Å². The van der Waals surface area contributed by atoms with Gasteiger partial charge in [-0.3, -0.25) is 9.59 Å². The van der Waals surface area contributed by atoms with Crippen molar-refractivity contribution in [2.24, 2.45) is 0 Å². The molecule has 4 nitrogen and oxygen atoms in total. The number of hydrogen-bond donors (Lipinski definition) is 0. The SMILES string of the molecule is O=C(c1cccc2c1CCN2C(=O)c1ccc(F)cc1)N1CCCCCC1. The number of fused-ring (bicyclic) bond motifs is 1. The van der Waals surface area contributed by atoms with Crippen molar-refractivity contribution < 1.29 is 14.0 Å². The maximum atomic E-state index is 13.1. The molecule has 0 radical (unpaired) electrons. The van der Waals surface area contributed by atoms with E-state index in [-0.39, 0.29) is 17.6 Å². The van der Waals surface area contributed by atoms with Gasteiger partial charge in [0.25, 0.3) is 11.8 Å². The van der Waals surface area contributed by atoms with Crippen LogP contribution in [0.2, 0.25) is 0 Å². The second-order valence-corrected chi connectivity index (χ2v) is 7.22. The number of benzene rings is 2. The van der Waals surface area contributed by atoms with E-state index in [4.69, 9.17) is 0 Å². The van der Waals surface area contributed by atoms with Crippen molar-refractivity contribution in [1.29, 1.82) is 0 Å². The number of likely N-dealkylation sites (tertiary alicyclic amines) is 1. The van der Waals surface area contributed by atoms with Gasteiger partial charge in [-0.05, 0) is 61.2 Å². The van der Waals surface area contributed by atoms with E-state index in [2.05, 4.69) is 0 Å². The number of halogens is 1. The van der Waals surface area contributed by atoms with Crippen LogP contribution in [0.15, 0.2) is 42.5 Å². The third-order valence-electron chi connectivity index (χ3n) is 5.49. The van der Waals surface area contributed by atoms with Crippen LogP contribution in [-0.2, 0) is 6.42 Å². The van der Waals surface area contributed by atoms with E-state index in [1.165, 1.54) is 37.1 Å². The smallest absolute Gasteiger partial charge is 0.258 e. The number of carbonyl (C=O) groups excluding carboxylic acids is 2. The summed E-state index contributed by atoms with van der Waals surface area (Å²) in [6.07, 6.45) is 5.12. The summed E-state index contributed by atoms with van der Waals surface area (Å²) in [6.45, 7) is 2.15. The van der Waals surface area contributed by atoms with Crippen LogP contribution in [0.1, 0.15) is 52.0 Å². The average molecular weight is 366 g/mol. The summed E-state index contributed by atoms with van der Waals surface area (Å²) in [5.74, 6) is -0.448. The zero-order valence-corrected chi connectivity index (χ0v) is 15.3. The summed E-state index contributed by atoms with van der Waals surface area (Å²) >= 11 is 0. The summed E-state index contributed by atoms with van der Waals surface area (Å²) < 4.78 is 13.1. The second kappa shape index (κ2) is 7.51. The van der Waals surface area contributed by atoms with Gasteiger partial charge in [0.05, 0.1) is 0 Å². The van der Waals surface area contributed by atoms with E-state index in [0.717, 1.165) is 37.2 Å². The summed E-state index contributed by atoms with van der Waals surface area (Å²) in [4.78, 5) is 29.6. The predicted molar refractivity (Wildman–Crippen MR) is 103 cm³/mol. The molecule has 2 aromatic carbocycles. The van der Waals surface area contributed by atoms with Crippen molar-refractivity contribution >= 4 is 17.5 Å². The Morgan fingerprint density at radius 3 is 2.22 bits per heavy atom. The number of rotatable bonds is 2. The van der Waals surface area contributed by atoms with E-state index in [0.29, 0.717) is 24.1 Å². The molecule has 0 unspecified atom stereocenters. The number of anilines is 1. The number of amides is 2. The first-order valence-electron chi connectivity index (χ1n) is 9.64. The van der Waals surface area contributed by atoms with Crippen molar-refractivity contribution in [3.8, 4) is 0 Å². The molecule has 140 valence electrons. The first-order valence-corrected chi connectivity index (χ1v) is 9.64. The lowest BCUT2D eigenvalue weighted by Gasteiger charge is -2.22. The van der Waals surface area contributed by atoms with Gasteiger partial charge in [0.15, 0.2) is 0 Å². The van der Waals surface area contributed by atoms with E-state index < -0.39 is 0 Å². The molecule has 27 heavy (non-hydrogen) atoms. The monoisotopic (exact) mass is 366 g/mol. The zero-order valence-electron chi connectivity index (χ0n) is 15.3. The molecule has 0 bridgehead atoms. The molecule has 0 saturated carbocycles. The van der Waals surface area contributed by atoms with Gasteiger partial charge in [-0.25, -0.2) is 4.39 Å². The molecule has 0 aliphatic carbocycles. The van der Waals surface area contributed by atoms with Gasteiger partial charge in [0.2, 0.25) is 0 Å². The van der Waals surface area contributed by atoms with E-state index >= 15 is 0 Å². The van der Waals surface area contributed by atoms with Gasteiger partial charge in [-0.1, -0.05) is 18.9 Å². The molecule has 0 N–H and O–H groups in total. The second-order valence-electron chi connectivity index (χ2n) is 7.22. The van der Waals surface area contributed by atoms with E-state index in [9.17, 15) is 14.0 Å². The van der Waals surface area contributed by atoms with Gasteiger partial charge in [0, 0.05) is 36.4 Å². The lowest BCUT2D eigenvalue weighted by atomic mass is 10.0.